The van der Waals surface area contributed by atoms with E-state index < -0.39 is 28.1 Å². The van der Waals surface area contributed by atoms with Crippen LogP contribution in [-0.4, -0.2) is 53.4 Å². The molecule has 7 nitrogen and oxygen atoms in total. The summed E-state index contributed by atoms with van der Waals surface area (Å²) >= 11 is 0. The van der Waals surface area contributed by atoms with Gasteiger partial charge in [-0.25, -0.2) is 8.42 Å². The molecule has 1 aliphatic heterocycles. The molecule has 0 radical (unpaired) electrons. The minimum absolute atomic E-state index is 0.152. The topological polar surface area (TPSA) is 112 Å². The zero-order valence-corrected chi connectivity index (χ0v) is 12.1. The van der Waals surface area contributed by atoms with Crippen molar-refractivity contribution in [1.29, 1.82) is 0 Å². The SMILES string of the molecule is CC(=O)c1cccc(S(=O)(=O)N2CC(O)CC2C(=O)O)c1. The number of carboxylic acids is 1. The predicted molar refractivity (Wildman–Crippen MR) is 72.4 cm³/mol. The van der Waals surface area contributed by atoms with E-state index in [1.165, 1.54) is 31.2 Å². The monoisotopic (exact) mass is 313 g/mol. The molecule has 0 saturated carbocycles. The summed E-state index contributed by atoms with van der Waals surface area (Å²) in [5.74, 6) is -1.60. The highest BCUT2D eigenvalue weighted by atomic mass is 32.2. The zero-order chi connectivity index (χ0) is 15.8. The number of rotatable bonds is 4. The number of carboxylic acid groups (broad SMARTS) is 1. The molecular weight excluding hydrogens is 298 g/mol. The van der Waals surface area contributed by atoms with Crippen LogP contribution in [0.1, 0.15) is 23.7 Å². The lowest BCUT2D eigenvalue weighted by Crippen LogP contribution is -2.40. The summed E-state index contributed by atoms with van der Waals surface area (Å²) in [6, 6.07) is 4.11. The molecule has 0 bridgehead atoms. The standard InChI is InChI=1S/C13H15NO6S/c1-8(15)9-3-2-4-11(5-9)21(19,20)14-7-10(16)6-12(14)13(17)18/h2-5,10,12,16H,6-7H2,1H3,(H,17,18). The zero-order valence-electron chi connectivity index (χ0n) is 11.3. The van der Waals surface area contributed by atoms with Crippen molar-refractivity contribution >= 4 is 21.8 Å². The first kappa shape index (κ1) is 15.6. The number of aliphatic hydroxyl groups excluding tert-OH is 1. The van der Waals surface area contributed by atoms with Crippen LogP contribution in [-0.2, 0) is 14.8 Å². The van der Waals surface area contributed by atoms with Crippen LogP contribution in [0.3, 0.4) is 0 Å². The summed E-state index contributed by atoms with van der Waals surface area (Å²) < 4.78 is 25.8. The maximum Gasteiger partial charge on any atom is 0.322 e. The molecule has 1 saturated heterocycles. The van der Waals surface area contributed by atoms with Crippen LogP contribution >= 0.6 is 0 Å². The van der Waals surface area contributed by atoms with Crippen LogP contribution in [0.25, 0.3) is 0 Å². The third-order valence-electron chi connectivity index (χ3n) is 3.37. The van der Waals surface area contributed by atoms with E-state index in [9.17, 15) is 23.1 Å². The fraction of sp³-hybridized carbons (Fsp3) is 0.385. The van der Waals surface area contributed by atoms with Gasteiger partial charge >= 0.3 is 5.97 Å². The molecular formula is C13H15NO6S. The van der Waals surface area contributed by atoms with Gasteiger partial charge in [-0.15, -0.1) is 0 Å². The van der Waals surface area contributed by atoms with E-state index in [2.05, 4.69) is 0 Å². The average molecular weight is 313 g/mol. The van der Waals surface area contributed by atoms with Gasteiger partial charge in [0.05, 0.1) is 11.0 Å². The highest BCUT2D eigenvalue weighted by Gasteiger charge is 2.43. The number of aliphatic carboxylic acids is 1. The maximum atomic E-state index is 12.5. The molecule has 2 unspecified atom stereocenters. The Morgan fingerprint density at radius 1 is 1.33 bits per heavy atom. The van der Waals surface area contributed by atoms with Crippen LogP contribution in [0.4, 0.5) is 0 Å². The molecule has 1 heterocycles. The molecule has 8 heteroatoms. The number of aliphatic hydroxyl groups is 1. The molecule has 1 aromatic rings. The lowest BCUT2D eigenvalue weighted by atomic mass is 10.2. The lowest BCUT2D eigenvalue weighted by Gasteiger charge is -2.20. The van der Waals surface area contributed by atoms with Crippen molar-refractivity contribution in [2.45, 2.75) is 30.4 Å². The van der Waals surface area contributed by atoms with Gasteiger partial charge < -0.3 is 10.2 Å². The van der Waals surface area contributed by atoms with Gasteiger partial charge in [-0.05, 0) is 19.1 Å². The van der Waals surface area contributed by atoms with E-state index in [1.807, 2.05) is 0 Å². The van der Waals surface area contributed by atoms with Crippen molar-refractivity contribution in [2.75, 3.05) is 6.54 Å². The third kappa shape index (κ3) is 2.97. The Morgan fingerprint density at radius 3 is 2.57 bits per heavy atom. The van der Waals surface area contributed by atoms with Gasteiger partial charge in [0.15, 0.2) is 5.78 Å². The Hall–Kier alpha value is -1.77. The van der Waals surface area contributed by atoms with Crippen LogP contribution in [0.15, 0.2) is 29.2 Å². The molecule has 0 spiro atoms. The molecule has 1 aromatic carbocycles. The first-order valence-electron chi connectivity index (χ1n) is 6.27. The average Bonchev–Trinajstić information content (AvgIpc) is 2.82. The van der Waals surface area contributed by atoms with E-state index in [4.69, 9.17) is 5.11 Å². The Kier molecular flexibility index (Phi) is 4.13. The Bertz CT molecular complexity index is 684. The number of carbonyl (C=O) groups excluding carboxylic acids is 1. The van der Waals surface area contributed by atoms with Crippen molar-refractivity contribution in [3.63, 3.8) is 0 Å². The minimum Gasteiger partial charge on any atom is -0.480 e. The van der Waals surface area contributed by atoms with Gasteiger partial charge in [-0.3, -0.25) is 9.59 Å². The number of ketones is 1. The number of β-amino-alcohol motifs (C(OH)–C–C–N with tert-alkyl or cyclic N) is 1. The van der Waals surface area contributed by atoms with Crippen LogP contribution in [0.5, 0.6) is 0 Å². The second-order valence-electron chi connectivity index (χ2n) is 4.90. The van der Waals surface area contributed by atoms with Crippen LogP contribution in [0, 0.1) is 0 Å². The summed E-state index contributed by atoms with van der Waals surface area (Å²) in [5.41, 5.74) is 0.225. The number of hydrogen-bond acceptors (Lipinski definition) is 5. The molecule has 2 rings (SSSR count). The normalized spacial score (nSPS) is 23.1. The Labute approximate surface area is 121 Å². The summed E-state index contributed by atoms with van der Waals surface area (Å²) in [7, 11) is -4.08. The number of nitrogens with zero attached hydrogens (tertiary/aromatic N) is 1. The number of sulfonamides is 1. The Morgan fingerprint density at radius 2 is 2.00 bits per heavy atom. The molecule has 0 aromatic heterocycles. The first-order valence-corrected chi connectivity index (χ1v) is 7.71. The van der Waals surface area contributed by atoms with Crippen molar-refractivity contribution in [3.05, 3.63) is 29.8 Å². The predicted octanol–water partition coefficient (Wildman–Crippen LogP) is 0.0977. The van der Waals surface area contributed by atoms with Gasteiger partial charge in [-0.2, -0.15) is 4.31 Å². The van der Waals surface area contributed by atoms with E-state index in [0.717, 1.165) is 4.31 Å². The molecule has 2 N–H and O–H groups in total. The number of benzene rings is 1. The molecule has 0 amide bonds. The summed E-state index contributed by atoms with van der Waals surface area (Å²) in [5, 5.41) is 18.6. The molecule has 2 atom stereocenters. The van der Waals surface area contributed by atoms with E-state index in [0.29, 0.717) is 0 Å². The van der Waals surface area contributed by atoms with Gasteiger partial charge in [0.2, 0.25) is 10.0 Å². The van der Waals surface area contributed by atoms with Gasteiger partial charge in [0.1, 0.15) is 6.04 Å². The summed E-state index contributed by atoms with van der Waals surface area (Å²) in [4.78, 5) is 22.3. The van der Waals surface area contributed by atoms with Gasteiger partial charge in [-0.1, -0.05) is 12.1 Å². The smallest absolute Gasteiger partial charge is 0.322 e. The minimum atomic E-state index is -4.08. The maximum absolute atomic E-state index is 12.5. The van der Waals surface area contributed by atoms with Crippen LogP contribution < -0.4 is 0 Å². The number of hydrogen-bond donors (Lipinski definition) is 2. The highest BCUT2D eigenvalue weighted by Crippen LogP contribution is 2.27. The first-order chi connectivity index (χ1) is 9.73. The summed E-state index contributed by atoms with van der Waals surface area (Å²) in [6.45, 7) is 1.04. The molecule has 21 heavy (non-hydrogen) atoms. The number of carbonyl (C=O) groups is 2. The fourth-order valence-electron chi connectivity index (χ4n) is 2.29. The fourth-order valence-corrected chi connectivity index (χ4v) is 3.96. The van der Waals surface area contributed by atoms with E-state index >= 15 is 0 Å². The lowest BCUT2D eigenvalue weighted by molar-refractivity contribution is -0.140. The van der Waals surface area contributed by atoms with E-state index in [-0.39, 0.29) is 29.2 Å². The quantitative estimate of drug-likeness (QED) is 0.762. The van der Waals surface area contributed by atoms with Crippen molar-refractivity contribution in [3.8, 4) is 0 Å². The molecule has 1 fully saturated rings. The second kappa shape index (κ2) is 5.55. The molecule has 1 aliphatic rings. The number of Topliss-reactive ketones (excluding diaryl/α,β-unsaturated/α-hetero) is 1. The third-order valence-corrected chi connectivity index (χ3v) is 5.24. The van der Waals surface area contributed by atoms with Crippen LogP contribution in [0.2, 0.25) is 0 Å². The molecule has 0 aliphatic carbocycles. The van der Waals surface area contributed by atoms with Crippen molar-refractivity contribution in [1.82, 2.24) is 4.31 Å². The second-order valence-corrected chi connectivity index (χ2v) is 6.79. The molecule has 114 valence electrons. The van der Waals surface area contributed by atoms with Gasteiger partial charge in [0.25, 0.3) is 0 Å². The Balaban J connectivity index is 2.44. The van der Waals surface area contributed by atoms with Gasteiger partial charge in [0, 0.05) is 18.5 Å². The van der Waals surface area contributed by atoms with Crippen molar-refractivity contribution in [2.24, 2.45) is 0 Å². The van der Waals surface area contributed by atoms with E-state index in [1.54, 1.807) is 0 Å². The summed E-state index contributed by atoms with van der Waals surface area (Å²) in [6.07, 6.45) is -1.17. The largest absolute Gasteiger partial charge is 0.480 e. The van der Waals surface area contributed by atoms with Crippen molar-refractivity contribution < 1.29 is 28.2 Å². The highest BCUT2D eigenvalue weighted by molar-refractivity contribution is 7.89.